The molecule has 1 atom stereocenters. The molecule has 1 N–H and O–H groups in total. The van der Waals surface area contributed by atoms with E-state index in [1.165, 1.54) is 7.05 Å². The van der Waals surface area contributed by atoms with E-state index in [9.17, 15) is 14.7 Å². The second kappa shape index (κ2) is 6.58. The van der Waals surface area contributed by atoms with E-state index in [4.69, 9.17) is 9.47 Å². The van der Waals surface area contributed by atoms with Crippen LogP contribution in [0.15, 0.2) is 18.2 Å². The van der Waals surface area contributed by atoms with E-state index in [2.05, 4.69) is 0 Å². The minimum atomic E-state index is -1.06. The molecule has 0 aromatic heterocycles. The minimum absolute atomic E-state index is 0.220. The molecular formula is C17H23NO5. The summed E-state index contributed by atoms with van der Waals surface area (Å²) in [5.74, 6) is -1.06. The summed E-state index contributed by atoms with van der Waals surface area (Å²) < 4.78 is 10.7. The Hall–Kier alpha value is -2.08. The van der Waals surface area contributed by atoms with E-state index >= 15 is 0 Å². The largest absolute Gasteiger partial charge is 0.480 e. The van der Waals surface area contributed by atoms with Crippen molar-refractivity contribution < 1.29 is 24.2 Å². The number of rotatable bonds is 4. The Labute approximate surface area is 136 Å². The molecule has 0 saturated heterocycles. The maximum Gasteiger partial charge on any atom is 0.410 e. The third kappa shape index (κ3) is 4.22. The van der Waals surface area contributed by atoms with E-state index in [0.717, 1.165) is 21.6 Å². The quantitative estimate of drug-likeness (QED) is 0.922. The van der Waals surface area contributed by atoms with E-state index < -0.39 is 23.7 Å². The second-order valence-electron chi connectivity index (χ2n) is 6.70. The van der Waals surface area contributed by atoms with Crippen LogP contribution in [0.25, 0.3) is 0 Å². The molecule has 23 heavy (non-hydrogen) atoms. The van der Waals surface area contributed by atoms with Crippen LogP contribution in [0.2, 0.25) is 0 Å². The van der Waals surface area contributed by atoms with E-state index in [1.54, 1.807) is 20.8 Å². The number of carboxylic acid groups (broad SMARTS) is 1. The molecule has 1 heterocycles. The fourth-order valence-corrected chi connectivity index (χ4v) is 2.52. The molecule has 1 aromatic carbocycles. The first-order valence-corrected chi connectivity index (χ1v) is 7.55. The number of ether oxygens (including phenoxy) is 2. The highest BCUT2D eigenvalue weighted by atomic mass is 16.6. The Morgan fingerprint density at radius 3 is 2.65 bits per heavy atom. The van der Waals surface area contributed by atoms with E-state index in [-0.39, 0.29) is 6.42 Å². The lowest BCUT2D eigenvalue weighted by atomic mass is 9.97. The zero-order chi connectivity index (χ0) is 17.2. The van der Waals surface area contributed by atoms with Crippen molar-refractivity contribution in [3.8, 4) is 0 Å². The van der Waals surface area contributed by atoms with Gasteiger partial charge in [0.05, 0.1) is 13.2 Å². The van der Waals surface area contributed by atoms with Crippen molar-refractivity contribution in [2.45, 2.75) is 52.0 Å². The maximum atomic E-state index is 12.1. The van der Waals surface area contributed by atoms with Crippen LogP contribution in [0, 0.1) is 0 Å². The Bertz CT molecular complexity index is 605. The highest BCUT2D eigenvalue weighted by molar-refractivity contribution is 5.80. The number of aliphatic carboxylic acids is 1. The van der Waals surface area contributed by atoms with Crippen molar-refractivity contribution in [1.82, 2.24) is 4.90 Å². The van der Waals surface area contributed by atoms with Gasteiger partial charge in [-0.3, -0.25) is 4.90 Å². The van der Waals surface area contributed by atoms with Crippen molar-refractivity contribution >= 4 is 12.1 Å². The molecule has 2 rings (SSSR count). The summed E-state index contributed by atoms with van der Waals surface area (Å²) in [4.78, 5) is 24.9. The van der Waals surface area contributed by atoms with Crippen molar-refractivity contribution in [2.75, 3.05) is 7.05 Å². The molecule has 0 saturated carbocycles. The average Bonchev–Trinajstić information content (AvgIpc) is 2.90. The van der Waals surface area contributed by atoms with Crippen LogP contribution in [-0.4, -0.2) is 40.8 Å². The van der Waals surface area contributed by atoms with Gasteiger partial charge < -0.3 is 14.6 Å². The molecular weight excluding hydrogens is 298 g/mol. The number of hydrogen-bond acceptors (Lipinski definition) is 4. The molecule has 0 fully saturated rings. The van der Waals surface area contributed by atoms with E-state index in [1.807, 2.05) is 18.2 Å². The molecule has 1 aliphatic heterocycles. The Morgan fingerprint density at radius 1 is 1.35 bits per heavy atom. The molecule has 1 aromatic rings. The first-order valence-electron chi connectivity index (χ1n) is 7.55. The van der Waals surface area contributed by atoms with Gasteiger partial charge in [0.1, 0.15) is 11.6 Å². The van der Waals surface area contributed by atoms with Crippen LogP contribution in [0.1, 0.15) is 37.5 Å². The predicted octanol–water partition coefficient (Wildman–Crippen LogP) is 2.58. The van der Waals surface area contributed by atoms with Gasteiger partial charge in [0, 0.05) is 13.5 Å². The second-order valence-corrected chi connectivity index (χ2v) is 6.70. The molecule has 1 aliphatic rings. The van der Waals surface area contributed by atoms with Crippen LogP contribution < -0.4 is 0 Å². The minimum Gasteiger partial charge on any atom is -0.480 e. The number of fused-ring (bicyclic) bond motifs is 1. The van der Waals surface area contributed by atoms with Crippen molar-refractivity contribution in [3.05, 3.63) is 34.9 Å². The lowest BCUT2D eigenvalue weighted by Crippen LogP contribution is -2.46. The maximum absolute atomic E-state index is 12.1. The first-order chi connectivity index (χ1) is 10.7. The number of hydrogen-bond donors (Lipinski definition) is 1. The summed E-state index contributed by atoms with van der Waals surface area (Å²) in [6, 6.07) is 4.75. The monoisotopic (exact) mass is 321 g/mol. The molecule has 0 spiro atoms. The summed E-state index contributed by atoms with van der Waals surface area (Å²) in [6.45, 7) is 6.26. The lowest BCUT2D eigenvalue weighted by Gasteiger charge is -2.29. The summed E-state index contributed by atoms with van der Waals surface area (Å²) in [5, 5.41) is 9.52. The van der Waals surface area contributed by atoms with Gasteiger partial charge in [-0.15, -0.1) is 0 Å². The molecule has 0 radical (unpaired) electrons. The number of amides is 1. The molecule has 1 amide bonds. The van der Waals surface area contributed by atoms with Gasteiger partial charge in [-0.2, -0.15) is 0 Å². The fraction of sp³-hybridized carbons (Fsp3) is 0.529. The van der Waals surface area contributed by atoms with Crippen LogP contribution in [0.5, 0.6) is 0 Å². The Morgan fingerprint density at radius 2 is 2.04 bits per heavy atom. The Kier molecular flexibility index (Phi) is 4.94. The number of benzene rings is 1. The summed E-state index contributed by atoms with van der Waals surface area (Å²) in [5.41, 5.74) is 2.32. The SMILES string of the molecule is CN(C(=O)OC(C)(C)C)[C@H](Cc1cccc2c1COC2)C(=O)O. The smallest absolute Gasteiger partial charge is 0.410 e. The van der Waals surface area contributed by atoms with Gasteiger partial charge in [-0.1, -0.05) is 18.2 Å². The number of likely N-dealkylation sites (N-methyl/N-ethyl adjacent to an activating group) is 1. The van der Waals surface area contributed by atoms with Crippen molar-refractivity contribution in [1.29, 1.82) is 0 Å². The average molecular weight is 321 g/mol. The third-order valence-electron chi connectivity index (χ3n) is 3.72. The van der Waals surface area contributed by atoms with Crippen molar-refractivity contribution in [2.24, 2.45) is 0 Å². The van der Waals surface area contributed by atoms with Crippen LogP contribution in [0.3, 0.4) is 0 Å². The van der Waals surface area contributed by atoms with Crippen molar-refractivity contribution in [3.63, 3.8) is 0 Å². The highest BCUT2D eigenvalue weighted by Gasteiger charge is 2.31. The van der Waals surface area contributed by atoms with Gasteiger partial charge in [0.25, 0.3) is 0 Å². The number of carbonyl (C=O) groups is 2. The third-order valence-corrected chi connectivity index (χ3v) is 3.72. The normalized spacial score (nSPS) is 15.0. The zero-order valence-corrected chi connectivity index (χ0v) is 14.0. The Balaban J connectivity index is 2.18. The summed E-state index contributed by atoms with van der Waals surface area (Å²) in [7, 11) is 1.45. The summed E-state index contributed by atoms with van der Waals surface area (Å²) >= 11 is 0. The topological polar surface area (TPSA) is 76.1 Å². The first kappa shape index (κ1) is 17.3. The molecule has 0 bridgehead atoms. The number of carbonyl (C=O) groups excluding carboxylic acids is 1. The lowest BCUT2D eigenvalue weighted by molar-refractivity contribution is -0.142. The molecule has 126 valence electrons. The molecule has 0 unspecified atom stereocenters. The highest BCUT2D eigenvalue weighted by Crippen LogP contribution is 2.25. The van der Waals surface area contributed by atoms with Gasteiger partial charge >= 0.3 is 12.1 Å². The number of nitrogens with zero attached hydrogens (tertiary/aromatic N) is 1. The van der Waals surface area contributed by atoms with E-state index in [0.29, 0.717) is 13.2 Å². The van der Waals surface area contributed by atoms with Crippen LogP contribution >= 0.6 is 0 Å². The van der Waals surface area contributed by atoms with Gasteiger partial charge in [-0.05, 0) is 37.5 Å². The molecule has 6 heteroatoms. The number of carboxylic acids is 1. The van der Waals surface area contributed by atoms with Gasteiger partial charge in [-0.25, -0.2) is 9.59 Å². The molecule has 0 aliphatic carbocycles. The van der Waals surface area contributed by atoms with Gasteiger partial charge in [0.2, 0.25) is 0 Å². The van der Waals surface area contributed by atoms with Crippen LogP contribution in [0.4, 0.5) is 4.79 Å². The van der Waals surface area contributed by atoms with Crippen LogP contribution in [-0.2, 0) is 33.9 Å². The molecule has 6 nitrogen and oxygen atoms in total. The fourth-order valence-electron chi connectivity index (χ4n) is 2.52. The van der Waals surface area contributed by atoms with Gasteiger partial charge in [0.15, 0.2) is 0 Å². The zero-order valence-electron chi connectivity index (χ0n) is 14.0. The summed E-state index contributed by atoms with van der Waals surface area (Å²) in [6.07, 6.45) is -0.425. The predicted molar refractivity (Wildman–Crippen MR) is 84.1 cm³/mol. The standard InChI is InChI=1S/C17H23NO5/c1-17(2,3)23-16(21)18(4)14(15(19)20)8-11-6-5-7-12-9-22-10-13(11)12/h5-7,14H,8-10H2,1-4H3,(H,19,20)/t14-/m1/s1.